The first-order valence-electron chi connectivity index (χ1n) is 8.03. The van der Waals surface area contributed by atoms with Crippen molar-refractivity contribution in [2.45, 2.75) is 58.5 Å². The van der Waals surface area contributed by atoms with Crippen LogP contribution in [-0.4, -0.2) is 24.5 Å². The maximum absolute atomic E-state index is 6.12. The van der Waals surface area contributed by atoms with E-state index in [2.05, 4.69) is 50.9 Å². The average molecular weight is 274 g/mol. The van der Waals surface area contributed by atoms with Crippen LogP contribution >= 0.6 is 0 Å². The first-order valence-corrected chi connectivity index (χ1v) is 8.03. The van der Waals surface area contributed by atoms with Crippen LogP contribution in [0.3, 0.4) is 0 Å². The highest BCUT2D eigenvalue weighted by atomic mass is 15.2. The minimum Gasteiger partial charge on any atom is -0.329 e. The molecule has 2 nitrogen and oxygen atoms in total. The second kappa shape index (κ2) is 6.73. The van der Waals surface area contributed by atoms with Gasteiger partial charge in [-0.2, -0.15) is 0 Å². The Morgan fingerprint density at radius 1 is 1.15 bits per heavy atom. The standard InChI is InChI=1S/C18H30N2/c1-13-9-14(2)11-16(10-13)18(12-19)20(4)17-8-6-5-7-15(17)3/h9-11,15,17-18H,5-8,12,19H2,1-4H3. The van der Waals surface area contributed by atoms with Gasteiger partial charge in [0.1, 0.15) is 0 Å². The summed E-state index contributed by atoms with van der Waals surface area (Å²) in [5, 5.41) is 0. The monoisotopic (exact) mass is 274 g/mol. The predicted octanol–water partition coefficient (Wildman–Crippen LogP) is 3.81. The molecule has 0 saturated heterocycles. The number of nitrogens with two attached hydrogens (primary N) is 1. The highest BCUT2D eigenvalue weighted by Gasteiger charge is 2.29. The number of nitrogens with zero attached hydrogens (tertiary/aromatic N) is 1. The van der Waals surface area contributed by atoms with Gasteiger partial charge in [-0.3, -0.25) is 4.90 Å². The molecule has 1 aromatic carbocycles. The zero-order valence-electron chi connectivity index (χ0n) is 13.5. The van der Waals surface area contributed by atoms with Gasteiger partial charge in [-0.25, -0.2) is 0 Å². The van der Waals surface area contributed by atoms with Gasteiger partial charge in [0.15, 0.2) is 0 Å². The Balaban J connectivity index is 2.21. The minimum atomic E-state index is 0.346. The fourth-order valence-electron chi connectivity index (χ4n) is 3.87. The maximum Gasteiger partial charge on any atom is 0.0470 e. The van der Waals surface area contributed by atoms with E-state index >= 15 is 0 Å². The summed E-state index contributed by atoms with van der Waals surface area (Å²) >= 11 is 0. The lowest BCUT2D eigenvalue weighted by atomic mass is 9.84. The van der Waals surface area contributed by atoms with Crippen molar-refractivity contribution >= 4 is 0 Å². The Morgan fingerprint density at radius 3 is 2.30 bits per heavy atom. The van der Waals surface area contributed by atoms with E-state index < -0.39 is 0 Å². The second-order valence-corrected chi connectivity index (χ2v) is 6.67. The summed E-state index contributed by atoms with van der Waals surface area (Å²) in [6.45, 7) is 7.44. The van der Waals surface area contributed by atoms with Crippen LogP contribution in [0, 0.1) is 19.8 Å². The Bertz CT molecular complexity index is 421. The zero-order chi connectivity index (χ0) is 14.7. The maximum atomic E-state index is 6.12. The molecule has 2 rings (SSSR count). The predicted molar refractivity (Wildman–Crippen MR) is 86.9 cm³/mol. The van der Waals surface area contributed by atoms with E-state index in [0.717, 1.165) is 5.92 Å². The molecular weight excluding hydrogens is 244 g/mol. The summed E-state index contributed by atoms with van der Waals surface area (Å²) < 4.78 is 0. The van der Waals surface area contributed by atoms with E-state index in [1.165, 1.54) is 42.4 Å². The molecule has 0 heterocycles. The molecule has 3 atom stereocenters. The average Bonchev–Trinajstić information content (AvgIpc) is 2.38. The second-order valence-electron chi connectivity index (χ2n) is 6.67. The Hall–Kier alpha value is -0.860. The van der Waals surface area contributed by atoms with Crippen LogP contribution in [0.1, 0.15) is 55.3 Å². The van der Waals surface area contributed by atoms with Crippen molar-refractivity contribution in [3.8, 4) is 0 Å². The van der Waals surface area contributed by atoms with Crippen molar-refractivity contribution in [3.05, 3.63) is 34.9 Å². The van der Waals surface area contributed by atoms with Crippen LogP contribution in [0.15, 0.2) is 18.2 Å². The molecule has 20 heavy (non-hydrogen) atoms. The molecule has 3 unspecified atom stereocenters. The lowest BCUT2D eigenvalue weighted by molar-refractivity contribution is 0.0992. The third-order valence-electron chi connectivity index (χ3n) is 4.93. The Morgan fingerprint density at radius 2 is 1.75 bits per heavy atom. The molecule has 1 fully saturated rings. The molecule has 2 N–H and O–H groups in total. The molecule has 0 aromatic heterocycles. The van der Waals surface area contributed by atoms with Gasteiger partial charge in [0, 0.05) is 18.6 Å². The highest BCUT2D eigenvalue weighted by Crippen LogP contribution is 2.32. The molecule has 1 aromatic rings. The van der Waals surface area contributed by atoms with E-state index in [-0.39, 0.29) is 0 Å². The van der Waals surface area contributed by atoms with Crippen LogP contribution in [-0.2, 0) is 0 Å². The van der Waals surface area contributed by atoms with Crippen LogP contribution in [0.25, 0.3) is 0 Å². The van der Waals surface area contributed by atoms with Crippen LogP contribution in [0.2, 0.25) is 0 Å². The largest absolute Gasteiger partial charge is 0.329 e. The van der Waals surface area contributed by atoms with Gasteiger partial charge in [-0.05, 0) is 45.2 Å². The summed E-state index contributed by atoms with van der Waals surface area (Å²) in [6.07, 6.45) is 5.43. The fourth-order valence-corrected chi connectivity index (χ4v) is 3.87. The summed E-state index contributed by atoms with van der Waals surface area (Å²) in [5.41, 5.74) is 10.2. The van der Waals surface area contributed by atoms with E-state index in [9.17, 15) is 0 Å². The fraction of sp³-hybridized carbons (Fsp3) is 0.667. The van der Waals surface area contributed by atoms with E-state index in [0.29, 0.717) is 18.6 Å². The molecule has 2 heteroatoms. The molecule has 0 spiro atoms. The van der Waals surface area contributed by atoms with Crippen molar-refractivity contribution in [1.29, 1.82) is 0 Å². The molecule has 112 valence electrons. The van der Waals surface area contributed by atoms with Gasteiger partial charge < -0.3 is 5.73 Å². The third kappa shape index (κ3) is 3.42. The van der Waals surface area contributed by atoms with Crippen molar-refractivity contribution in [1.82, 2.24) is 4.90 Å². The molecule has 1 aliphatic rings. The Labute approximate surface area is 124 Å². The molecule has 0 aliphatic heterocycles. The number of benzene rings is 1. The van der Waals surface area contributed by atoms with Crippen LogP contribution in [0.5, 0.6) is 0 Å². The number of likely N-dealkylation sites (N-methyl/N-ethyl adjacent to an activating group) is 1. The van der Waals surface area contributed by atoms with Crippen LogP contribution < -0.4 is 5.73 Å². The van der Waals surface area contributed by atoms with Gasteiger partial charge in [0.05, 0.1) is 0 Å². The van der Waals surface area contributed by atoms with Gasteiger partial charge in [-0.15, -0.1) is 0 Å². The normalized spacial score (nSPS) is 24.9. The third-order valence-corrected chi connectivity index (χ3v) is 4.93. The van der Waals surface area contributed by atoms with E-state index in [1.807, 2.05) is 0 Å². The Kier molecular flexibility index (Phi) is 5.22. The molecular formula is C18H30N2. The van der Waals surface area contributed by atoms with Gasteiger partial charge in [0.25, 0.3) is 0 Å². The summed E-state index contributed by atoms with van der Waals surface area (Å²) in [7, 11) is 2.27. The summed E-state index contributed by atoms with van der Waals surface area (Å²) in [5.74, 6) is 0.786. The molecule has 1 aliphatic carbocycles. The summed E-state index contributed by atoms with van der Waals surface area (Å²) in [4.78, 5) is 2.54. The molecule has 1 saturated carbocycles. The van der Waals surface area contributed by atoms with E-state index in [4.69, 9.17) is 5.73 Å². The van der Waals surface area contributed by atoms with Crippen molar-refractivity contribution in [2.24, 2.45) is 11.7 Å². The molecule has 0 bridgehead atoms. The van der Waals surface area contributed by atoms with Crippen molar-refractivity contribution in [3.63, 3.8) is 0 Å². The molecule has 0 radical (unpaired) electrons. The van der Waals surface area contributed by atoms with Crippen molar-refractivity contribution < 1.29 is 0 Å². The highest BCUT2D eigenvalue weighted by molar-refractivity contribution is 5.31. The van der Waals surface area contributed by atoms with Gasteiger partial charge in [-0.1, -0.05) is 49.1 Å². The zero-order valence-corrected chi connectivity index (χ0v) is 13.5. The number of hydrogen-bond acceptors (Lipinski definition) is 2. The van der Waals surface area contributed by atoms with E-state index in [1.54, 1.807) is 0 Å². The topological polar surface area (TPSA) is 29.3 Å². The number of aryl methyl sites for hydroxylation is 2. The quantitative estimate of drug-likeness (QED) is 0.904. The first-order chi connectivity index (χ1) is 9.52. The first kappa shape index (κ1) is 15.5. The lowest BCUT2D eigenvalue weighted by Gasteiger charge is -2.40. The number of hydrogen-bond donors (Lipinski definition) is 1. The van der Waals surface area contributed by atoms with Crippen molar-refractivity contribution in [2.75, 3.05) is 13.6 Å². The minimum absolute atomic E-state index is 0.346. The van der Waals surface area contributed by atoms with Gasteiger partial charge >= 0.3 is 0 Å². The number of rotatable bonds is 4. The smallest absolute Gasteiger partial charge is 0.0470 e. The molecule has 0 amide bonds. The SMILES string of the molecule is Cc1cc(C)cc(C(CN)N(C)C2CCCCC2C)c1. The lowest BCUT2D eigenvalue weighted by Crippen LogP contribution is -2.43. The van der Waals surface area contributed by atoms with Gasteiger partial charge in [0.2, 0.25) is 0 Å². The van der Waals surface area contributed by atoms with Crippen LogP contribution in [0.4, 0.5) is 0 Å². The summed E-state index contributed by atoms with van der Waals surface area (Å²) in [6, 6.07) is 7.86.